The molecule has 0 spiro atoms. The van der Waals surface area contributed by atoms with Crippen LogP contribution in [0, 0.1) is 5.41 Å². The zero-order valence-electron chi connectivity index (χ0n) is 18.2. The molecule has 0 aliphatic rings. The number of unbranched alkanes of at least 4 members (excludes halogenated alkanes) is 6. The van der Waals surface area contributed by atoms with E-state index in [2.05, 4.69) is 9.47 Å². The van der Waals surface area contributed by atoms with Crippen molar-refractivity contribution in [3.05, 3.63) is 0 Å². The van der Waals surface area contributed by atoms with Crippen molar-refractivity contribution in [1.82, 2.24) is 0 Å². The van der Waals surface area contributed by atoms with Crippen LogP contribution >= 0.6 is 0 Å². The Kier molecular flexibility index (Phi) is 13.2. The van der Waals surface area contributed by atoms with E-state index < -0.39 is 41.9 Å². The average molecular weight is 434 g/mol. The Labute approximate surface area is 176 Å². The summed E-state index contributed by atoms with van der Waals surface area (Å²) in [5.74, 6) is -2.06. The molecule has 0 saturated heterocycles. The van der Waals surface area contributed by atoms with Crippen molar-refractivity contribution in [3.8, 4) is 0 Å². The number of ether oxygens (including phenoxy) is 4. The zero-order valence-corrected chi connectivity index (χ0v) is 18.2. The quantitative estimate of drug-likeness (QED) is 0.286. The van der Waals surface area contributed by atoms with E-state index in [1.165, 1.54) is 13.8 Å². The number of methoxy groups -OCH3 is 2. The summed E-state index contributed by atoms with van der Waals surface area (Å²) in [6, 6.07) is 0. The third-order valence-corrected chi connectivity index (χ3v) is 5.21. The smallest absolute Gasteiger partial charge is 0.481 e. The van der Waals surface area contributed by atoms with E-state index in [9.17, 15) is 24.3 Å². The molecule has 0 aliphatic carbocycles. The number of carboxylic acids is 2. The fourth-order valence-corrected chi connectivity index (χ4v) is 3.36. The van der Waals surface area contributed by atoms with E-state index in [-0.39, 0.29) is 12.8 Å². The SMILES string of the molecule is COC(=O)OC(C)C(CCCCCCCCCC(=O)O)(C(=O)O)C(C)OC(=O)OC. The van der Waals surface area contributed by atoms with Crippen molar-refractivity contribution < 1.29 is 48.3 Å². The molecule has 2 N–H and O–H groups in total. The molecule has 0 heterocycles. The van der Waals surface area contributed by atoms with Crippen molar-refractivity contribution in [2.24, 2.45) is 5.41 Å². The van der Waals surface area contributed by atoms with E-state index in [0.717, 1.165) is 46.3 Å². The summed E-state index contributed by atoms with van der Waals surface area (Å²) in [4.78, 5) is 45.8. The number of carboxylic acid groups (broad SMARTS) is 2. The van der Waals surface area contributed by atoms with Gasteiger partial charge in [0, 0.05) is 6.42 Å². The predicted octanol–water partition coefficient (Wildman–Crippen LogP) is 4.00. The van der Waals surface area contributed by atoms with Gasteiger partial charge in [-0.3, -0.25) is 9.59 Å². The molecule has 0 fully saturated rings. The number of hydrogen-bond acceptors (Lipinski definition) is 8. The van der Waals surface area contributed by atoms with E-state index in [1.54, 1.807) is 0 Å². The third kappa shape index (κ3) is 9.32. The monoisotopic (exact) mass is 434 g/mol. The Morgan fingerprint density at radius 1 is 0.733 bits per heavy atom. The van der Waals surface area contributed by atoms with E-state index in [1.807, 2.05) is 0 Å². The summed E-state index contributed by atoms with van der Waals surface area (Å²) in [7, 11) is 2.23. The molecule has 30 heavy (non-hydrogen) atoms. The molecule has 0 amide bonds. The lowest BCUT2D eigenvalue weighted by molar-refractivity contribution is -0.170. The Bertz CT molecular complexity index is 536. The molecule has 0 saturated carbocycles. The first-order valence-electron chi connectivity index (χ1n) is 10.1. The van der Waals surface area contributed by atoms with Crippen molar-refractivity contribution in [1.29, 1.82) is 0 Å². The van der Waals surface area contributed by atoms with Crippen molar-refractivity contribution in [2.75, 3.05) is 14.2 Å². The number of aliphatic carboxylic acids is 2. The molecule has 2 atom stereocenters. The van der Waals surface area contributed by atoms with Gasteiger partial charge in [0.2, 0.25) is 0 Å². The topological polar surface area (TPSA) is 146 Å². The second kappa shape index (κ2) is 14.5. The van der Waals surface area contributed by atoms with Gasteiger partial charge < -0.3 is 29.2 Å². The summed E-state index contributed by atoms with van der Waals surface area (Å²) in [5.41, 5.74) is -1.68. The summed E-state index contributed by atoms with van der Waals surface area (Å²) in [6.45, 7) is 2.84. The van der Waals surface area contributed by atoms with Gasteiger partial charge in [0.15, 0.2) is 0 Å². The summed E-state index contributed by atoms with van der Waals surface area (Å²) in [6.07, 6.45) is 1.33. The molecular formula is C20H34O10. The highest BCUT2D eigenvalue weighted by atomic mass is 16.7. The molecule has 0 radical (unpaired) electrons. The second-order valence-corrected chi connectivity index (χ2v) is 7.14. The minimum atomic E-state index is -1.68. The van der Waals surface area contributed by atoms with Gasteiger partial charge in [-0.1, -0.05) is 38.5 Å². The maximum absolute atomic E-state index is 12.2. The van der Waals surface area contributed by atoms with E-state index in [0.29, 0.717) is 12.8 Å². The zero-order chi connectivity index (χ0) is 23.2. The van der Waals surface area contributed by atoms with Crippen LogP contribution in [0.3, 0.4) is 0 Å². The van der Waals surface area contributed by atoms with Gasteiger partial charge in [0.1, 0.15) is 17.6 Å². The third-order valence-electron chi connectivity index (χ3n) is 5.21. The lowest BCUT2D eigenvalue weighted by Crippen LogP contribution is -2.52. The molecule has 10 nitrogen and oxygen atoms in total. The van der Waals surface area contributed by atoms with Crippen LogP contribution in [0.5, 0.6) is 0 Å². The van der Waals surface area contributed by atoms with E-state index in [4.69, 9.17) is 14.6 Å². The Balaban J connectivity index is 4.94. The highest BCUT2D eigenvalue weighted by Crippen LogP contribution is 2.38. The first-order valence-corrected chi connectivity index (χ1v) is 10.1. The van der Waals surface area contributed by atoms with Gasteiger partial charge in [-0.2, -0.15) is 0 Å². The van der Waals surface area contributed by atoms with Crippen LogP contribution in [0.25, 0.3) is 0 Å². The van der Waals surface area contributed by atoms with Crippen LogP contribution < -0.4 is 0 Å². The summed E-state index contributed by atoms with van der Waals surface area (Å²) >= 11 is 0. The molecule has 0 aromatic rings. The lowest BCUT2D eigenvalue weighted by Gasteiger charge is -2.38. The van der Waals surface area contributed by atoms with Crippen molar-refractivity contribution in [2.45, 2.75) is 83.8 Å². The Morgan fingerprint density at radius 2 is 1.13 bits per heavy atom. The number of carbonyl (C=O) groups excluding carboxylic acids is 2. The Morgan fingerprint density at radius 3 is 1.50 bits per heavy atom. The molecular weight excluding hydrogens is 400 g/mol. The van der Waals surface area contributed by atoms with Crippen molar-refractivity contribution >= 4 is 24.2 Å². The van der Waals surface area contributed by atoms with Crippen molar-refractivity contribution in [3.63, 3.8) is 0 Å². The first-order chi connectivity index (χ1) is 14.1. The molecule has 2 unspecified atom stereocenters. The van der Waals surface area contributed by atoms with Gasteiger partial charge in [-0.15, -0.1) is 0 Å². The van der Waals surface area contributed by atoms with Crippen LogP contribution in [0.2, 0.25) is 0 Å². The van der Waals surface area contributed by atoms with Gasteiger partial charge in [0.05, 0.1) is 14.2 Å². The lowest BCUT2D eigenvalue weighted by atomic mass is 9.73. The van der Waals surface area contributed by atoms with Gasteiger partial charge >= 0.3 is 24.2 Å². The van der Waals surface area contributed by atoms with E-state index >= 15 is 0 Å². The predicted molar refractivity (Wildman–Crippen MR) is 105 cm³/mol. The average Bonchev–Trinajstić information content (AvgIpc) is 2.68. The maximum atomic E-state index is 12.2. The standard InChI is InChI=1S/C20H34O10/c1-14(29-18(25)27-3)20(17(23)24,15(2)30-19(26)28-4)13-11-9-7-5-6-8-10-12-16(21)22/h14-15H,5-13H2,1-4H3,(H,21,22)(H,23,24). The largest absolute Gasteiger partial charge is 0.508 e. The number of carbonyl (C=O) groups is 4. The fourth-order valence-electron chi connectivity index (χ4n) is 3.36. The number of hydrogen-bond donors (Lipinski definition) is 2. The summed E-state index contributed by atoms with van der Waals surface area (Å²) in [5, 5.41) is 18.6. The maximum Gasteiger partial charge on any atom is 0.508 e. The molecule has 0 aromatic heterocycles. The van der Waals surface area contributed by atoms with Gasteiger partial charge in [0.25, 0.3) is 0 Å². The van der Waals surface area contributed by atoms with Crippen LogP contribution in [0.4, 0.5) is 9.59 Å². The van der Waals surface area contributed by atoms with Crippen LogP contribution in [-0.4, -0.2) is 60.9 Å². The van der Waals surface area contributed by atoms with Crippen LogP contribution in [-0.2, 0) is 28.5 Å². The molecule has 0 aromatic carbocycles. The van der Waals surface area contributed by atoms with Crippen LogP contribution in [0.1, 0.15) is 71.6 Å². The minimum Gasteiger partial charge on any atom is -0.481 e. The minimum absolute atomic E-state index is 0.109. The molecule has 10 heteroatoms. The Hall–Kier alpha value is -2.52. The highest BCUT2D eigenvalue weighted by molar-refractivity contribution is 5.77. The number of rotatable bonds is 15. The first kappa shape index (κ1) is 27.5. The normalized spacial score (nSPS) is 14.7. The second-order valence-electron chi connectivity index (χ2n) is 7.14. The van der Waals surface area contributed by atoms with Gasteiger partial charge in [-0.25, -0.2) is 9.59 Å². The van der Waals surface area contributed by atoms with Crippen LogP contribution in [0.15, 0.2) is 0 Å². The fraction of sp³-hybridized carbons (Fsp3) is 0.800. The molecule has 174 valence electrons. The highest BCUT2D eigenvalue weighted by Gasteiger charge is 2.52. The van der Waals surface area contributed by atoms with Gasteiger partial charge in [-0.05, 0) is 26.7 Å². The molecule has 0 bridgehead atoms. The summed E-state index contributed by atoms with van der Waals surface area (Å²) < 4.78 is 19.1. The molecule has 0 aliphatic heterocycles. The molecule has 0 rings (SSSR count).